The lowest BCUT2D eigenvalue weighted by atomic mass is 10.2. The fourth-order valence-corrected chi connectivity index (χ4v) is 2.19. The van der Waals surface area contributed by atoms with Gasteiger partial charge in [0.25, 0.3) is 0 Å². The largest absolute Gasteiger partial charge is 0.383 e. The molecule has 0 spiro atoms. The SMILES string of the molecule is CSc1nc(N)cc(N(C)C(C)C2CC2)n1. The van der Waals surface area contributed by atoms with Crippen LogP contribution >= 0.6 is 11.8 Å². The average molecular weight is 238 g/mol. The van der Waals surface area contributed by atoms with Gasteiger partial charge in [-0.3, -0.25) is 0 Å². The van der Waals surface area contributed by atoms with Gasteiger partial charge in [0.1, 0.15) is 11.6 Å². The van der Waals surface area contributed by atoms with Gasteiger partial charge in [0.05, 0.1) is 0 Å². The van der Waals surface area contributed by atoms with Gasteiger partial charge in [-0.2, -0.15) is 0 Å². The Morgan fingerprint density at radius 1 is 1.50 bits per heavy atom. The van der Waals surface area contributed by atoms with Gasteiger partial charge in [-0.1, -0.05) is 11.8 Å². The second-order valence-electron chi connectivity index (χ2n) is 4.33. The number of nitrogens with zero attached hydrogens (tertiary/aromatic N) is 3. The van der Waals surface area contributed by atoms with Crippen molar-refractivity contribution >= 4 is 23.4 Å². The first-order chi connectivity index (χ1) is 7.61. The van der Waals surface area contributed by atoms with E-state index in [4.69, 9.17) is 5.73 Å². The Morgan fingerprint density at radius 3 is 2.75 bits per heavy atom. The zero-order valence-electron chi connectivity index (χ0n) is 9.97. The molecule has 0 aliphatic heterocycles. The molecule has 1 fully saturated rings. The number of hydrogen-bond acceptors (Lipinski definition) is 5. The number of hydrogen-bond donors (Lipinski definition) is 1. The molecule has 0 radical (unpaired) electrons. The van der Waals surface area contributed by atoms with Gasteiger partial charge in [-0.25, -0.2) is 9.97 Å². The third-order valence-corrected chi connectivity index (χ3v) is 3.72. The summed E-state index contributed by atoms with van der Waals surface area (Å²) >= 11 is 1.52. The minimum absolute atomic E-state index is 0.531. The third kappa shape index (κ3) is 2.40. The molecule has 1 aliphatic rings. The Labute approximate surface area is 101 Å². The molecule has 1 aromatic heterocycles. The summed E-state index contributed by atoms with van der Waals surface area (Å²) in [6, 6.07) is 2.38. The fraction of sp³-hybridized carbons (Fsp3) is 0.636. The molecule has 1 atom stereocenters. The molecule has 0 saturated heterocycles. The molecule has 1 aliphatic carbocycles. The van der Waals surface area contributed by atoms with Gasteiger partial charge in [0.2, 0.25) is 0 Å². The molecular weight excluding hydrogens is 220 g/mol. The quantitative estimate of drug-likeness (QED) is 0.642. The molecule has 88 valence electrons. The first-order valence-corrected chi connectivity index (χ1v) is 6.75. The van der Waals surface area contributed by atoms with Crippen molar-refractivity contribution in [2.24, 2.45) is 5.92 Å². The Bertz CT molecular complexity index is 378. The number of rotatable bonds is 4. The normalized spacial score (nSPS) is 17.2. The molecule has 1 aromatic rings. The predicted molar refractivity (Wildman–Crippen MR) is 68.8 cm³/mol. The standard InChI is InChI=1S/C11H18N4S/c1-7(8-4-5-8)15(2)10-6-9(12)13-11(14-10)16-3/h6-8H,4-5H2,1-3H3,(H2,12,13,14). The molecule has 1 heterocycles. The Morgan fingerprint density at radius 2 is 2.19 bits per heavy atom. The summed E-state index contributed by atoms with van der Waals surface area (Å²) in [5, 5.41) is 0.741. The lowest BCUT2D eigenvalue weighted by Gasteiger charge is -2.26. The number of nitrogens with two attached hydrogens (primary N) is 1. The summed E-state index contributed by atoms with van der Waals surface area (Å²) < 4.78 is 0. The molecule has 2 rings (SSSR count). The Balaban J connectivity index is 2.20. The second kappa shape index (κ2) is 4.49. The third-order valence-electron chi connectivity index (χ3n) is 3.17. The summed E-state index contributed by atoms with van der Waals surface area (Å²) in [6.07, 6.45) is 4.63. The summed E-state index contributed by atoms with van der Waals surface area (Å²) in [6.45, 7) is 2.24. The zero-order valence-corrected chi connectivity index (χ0v) is 10.8. The maximum atomic E-state index is 5.77. The van der Waals surface area contributed by atoms with Crippen molar-refractivity contribution in [3.63, 3.8) is 0 Å². The lowest BCUT2D eigenvalue weighted by molar-refractivity contribution is 0.601. The van der Waals surface area contributed by atoms with Crippen LogP contribution in [0, 0.1) is 5.92 Å². The summed E-state index contributed by atoms with van der Waals surface area (Å²) in [4.78, 5) is 10.8. The van der Waals surface area contributed by atoms with E-state index < -0.39 is 0 Å². The van der Waals surface area contributed by atoms with Crippen molar-refractivity contribution in [1.29, 1.82) is 0 Å². The van der Waals surface area contributed by atoms with Crippen LogP contribution in [0.4, 0.5) is 11.6 Å². The first-order valence-electron chi connectivity index (χ1n) is 5.53. The fourth-order valence-electron chi connectivity index (χ4n) is 1.81. The molecule has 0 aromatic carbocycles. The van der Waals surface area contributed by atoms with Crippen LogP contribution in [0.5, 0.6) is 0 Å². The highest BCUT2D eigenvalue weighted by Crippen LogP contribution is 2.36. The predicted octanol–water partition coefficient (Wildman–Crippen LogP) is 2.02. The van der Waals surface area contributed by atoms with E-state index in [-0.39, 0.29) is 0 Å². The van der Waals surface area contributed by atoms with Gasteiger partial charge in [0.15, 0.2) is 5.16 Å². The smallest absolute Gasteiger partial charge is 0.191 e. The molecule has 4 nitrogen and oxygen atoms in total. The van der Waals surface area contributed by atoms with Crippen LogP contribution < -0.4 is 10.6 Å². The number of nitrogen functional groups attached to an aromatic ring is 1. The highest BCUT2D eigenvalue weighted by Gasteiger charge is 2.31. The van der Waals surface area contributed by atoms with E-state index in [1.165, 1.54) is 24.6 Å². The second-order valence-corrected chi connectivity index (χ2v) is 5.10. The van der Waals surface area contributed by atoms with Crippen LogP contribution in [0.25, 0.3) is 0 Å². The molecular formula is C11H18N4S. The van der Waals surface area contributed by atoms with E-state index in [9.17, 15) is 0 Å². The highest BCUT2D eigenvalue weighted by atomic mass is 32.2. The summed E-state index contributed by atoms with van der Waals surface area (Å²) in [5.74, 6) is 2.29. The minimum Gasteiger partial charge on any atom is -0.383 e. The number of anilines is 2. The minimum atomic E-state index is 0.531. The van der Waals surface area contributed by atoms with E-state index >= 15 is 0 Å². The van der Waals surface area contributed by atoms with Crippen molar-refractivity contribution in [2.75, 3.05) is 23.9 Å². The van der Waals surface area contributed by atoms with Gasteiger partial charge < -0.3 is 10.6 Å². The van der Waals surface area contributed by atoms with E-state index in [0.29, 0.717) is 11.9 Å². The van der Waals surface area contributed by atoms with Crippen molar-refractivity contribution in [3.8, 4) is 0 Å². The van der Waals surface area contributed by atoms with Crippen LogP contribution in [-0.2, 0) is 0 Å². The monoisotopic (exact) mass is 238 g/mol. The molecule has 1 saturated carbocycles. The number of aromatic nitrogens is 2. The van der Waals surface area contributed by atoms with Crippen LogP contribution in [0.2, 0.25) is 0 Å². The van der Waals surface area contributed by atoms with E-state index in [2.05, 4.69) is 28.8 Å². The Hall–Kier alpha value is -0.970. The van der Waals surface area contributed by atoms with Gasteiger partial charge in [-0.05, 0) is 31.9 Å². The van der Waals surface area contributed by atoms with Crippen LogP contribution in [-0.4, -0.2) is 29.3 Å². The first kappa shape index (κ1) is 11.5. The van der Waals surface area contributed by atoms with Gasteiger partial charge in [-0.15, -0.1) is 0 Å². The topological polar surface area (TPSA) is 55.0 Å². The van der Waals surface area contributed by atoms with Crippen molar-refractivity contribution in [2.45, 2.75) is 31.0 Å². The summed E-state index contributed by atoms with van der Waals surface area (Å²) in [5.41, 5.74) is 5.77. The molecule has 5 heteroatoms. The Kier molecular flexibility index (Phi) is 3.23. The summed E-state index contributed by atoms with van der Waals surface area (Å²) in [7, 11) is 2.08. The molecule has 1 unspecified atom stereocenters. The van der Waals surface area contributed by atoms with Crippen LogP contribution in [0.15, 0.2) is 11.2 Å². The van der Waals surface area contributed by atoms with Gasteiger partial charge in [0, 0.05) is 19.2 Å². The van der Waals surface area contributed by atoms with E-state index in [1.807, 2.05) is 12.3 Å². The van der Waals surface area contributed by atoms with Crippen molar-refractivity contribution < 1.29 is 0 Å². The van der Waals surface area contributed by atoms with Crippen LogP contribution in [0.3, 0.4) is 0 Å². The molecule has 0 amide bonds. The van der Waals surface area contributed by atoms with Gasteiger partial charge >= 0.3 is 0 Å². The number of thioether (sulfide) groups is 1. The maximum Gasteiger partial charge on any atom is 0.191 e. The van der Waals surface area contributed by atoms with E-state index in [1.54, 1.807) is 0 Å². The molecule has 0 bridgehead atoms. The molecule has 2 N–H and O–H groups in total. The average Bonchev–Trinajstić information content (AvgIpc) is 3.10. The lowest BCUT2D eigenvalue weighted by Crippen LogP contribution is -2.31. The highest BCUT2D eigenvalue weighted by molar-refractivity contribution is 7.98. The zero-order chi connectivity index (χ0) is 11.7. The van der Waals surface area contributed by atoms with E-state index in [0.717, 1.165) is 16.9 Å². The maximum absolute atomic E-state index is 5.77. The van der Waals surface area contributed by atoms with Crippen molar-refractivity contribution in [3.05, 3.63) is 6.07 Å². The van der Waals surface area contributed by atoms with Crippen LogP contribution in [0.1, 0.15) is 19.8 Å². The molecule has 16 heavy (non-hydrogen) atoms. The van der Waals surface area contributed by atoms with Crippen molar-refractivity contribution in [1.82, 2.24) is 9.97 Å².